The maximum atomic E-state index is 12.7. The molecule has 0 aliphatic heterocycles. The van der Waals surface area contributed by atoms with Crippen molar-refractivity contribution < 1.29 is 17.9 Å². The van der Waals surface area contributed by atoms with Gasteiger partial charge >= 0.3 is 0 Å². The largest absolute Gasteiger partial charge is 0.465 e. The van der Waals surface area contributed by atoms with Crippen molar-refractivity contribution in [2.45, 2.75) is 31.8 Å². The molecule has 2 heterocycles. The van der Waals surface area contributed by atoms with Gasteiger partial charge in [-0.15, -0.1) is 11.3 Å². The molecule has 0 saturated carbocycles. The first-order valence-corrected chi connectivity index (χ1v) is 8.88. The number of hydrogen-bond donors (Lipinski definition) is 1. The van der Waals surface area contributed by atoms with Crippen LogP contribution in [0.3, 0.4) is 0 Å². The maximum absolute atomic E-state index is 12.7. The Labute approximate surface area is 128 Å². The van der Waals surface area contributed by atoms with Crippen LogP contribution in [-0.2, 0) is 23.1 Å². The van der Waals surface area contributed by atoms with Gasteiger partial charge in [-0.25, -0.2) is 12.7 Å². The lowest BCUT2D eigenvalue weighted by Crippen LogP contribution is -2.29. The summed E-state index contributed by atoms with van der Waals surface area (Å²) in [5.74, 6) is 0.764. The lowest BCUT2D eigenvalue weighted by molar-refractivity contribution is 0.276. The number of rotatable bonds is 6. The summed E-state index contributed by atoms with van der Waals surface area (Å²) in [5, 5.41) is 11.4. The predicted molar refractivity (Wildman–Crippen MR) is 81.9 cm³/mol. The van der Waals surface area contributed by atoms with E-state index in [1.54, 1.807) is 32.2 Å². The second-order valence-electron chi connectivity index (χ2n) is 4.84. The van der Waals surface area contributed by atoms with Gasteiger partial charge in [0.2, 0.25) is 10.0 Å². The van der Waals surface area contributed by atoms with Crippen LogP contribution in [0.5, 0.6) is 0 Å². The van der Waals surface area contributed by atoms with Gasteiger partial charge in [0, 0.05) is 24.0 Å². The van der Waals surface area contributed by atoms with E-state index in [0.717, 1.165) is 4.88 Å². The summed E-state index contributed by atoms with van der Waals surface area (Å²) >= 11 is 1.61. The standard InChI is InChI=1S/C14H19NO4S2/c1-10-13(9-16)14(11(2)19-10)21(17,18)15(3)7-6-12-5-4-8-20-12/h4-5,8,16H,6-7,9H2,1-3H3. The molecule has 0 aliphatic rings. The molecule has 0 atom stereocenters. The highest BCUT2D eigenvalue weighted by Gasteiger charge is 2.29. The van der Waals surface area contributed by atoms with Crippen LogP contribution in [0.1, 0.15) is 22.0 Å². The minimum Gasteiger partial charge on any atom is -0.465 e. The Kier molecular flexibility index (Phi) is 4.88. The number of aryl methyl sites for hydroxylation is 2. The number of sulfonamides is 1. The molecule has 116 valence electrons. The number of thiophene rings is 1. The van der Waals surface area contributed by atoms with Crippen LogP contribution in [0, 0.1) is 13.8 Å². The van der Waals surface area contributed by atoms with Crippen LogP contribution >= 0.6 is 11.3 Å². The van der Waals surface area contributed by atoms with Crippen LogP contribution < -0.4 is 0 Å². The molecular weight excluding hydrogens is 310 g/mol. The van der Waals surface area contributed by atoms with E-state index in [1.807, 2.05) is 17.5 Å². The quantitative estimate of drug-likeness (QED) is 0.883. The first kappa shape index (κ1) is 16.2. The number of furan rings is 1. The molecule has 7 heteroatoms. The average Bonchev–Trinajstić information content (AvgIpc) is 3.03. The summed E-state index contributed by atoms with van der Waals surface area (Å²) in [6.45, 7) is 3.29. The van der Waals surface area contributed by atoms with Crippen LogP contribution in [-0.4, -0.2) is 31.4 Å². The van der Waals surface area contributed by atoms with Gasteiger partial charge in [0.05, 0.1) is 6.61 Å². The average molecular weight is 329 g/mol. The molecule has 5 nitrogen and oxygen atoms in total. The Hall–Kier alpha value is -1.15. The van der Waals surface area contributed by atoms with Crippen LogP contribution in [0.4, 0.5) is 0 Å². The molecule has 21 heavy (non-hydrogen) atoms. The van der Waals surface area contributed by atoms with E-state index < -0.39 is 10.0 Å². The minimum absolute atomic E-state index is 0.0937. The molecule has 0 spiro atoms. The number of likely N-dealkylation sites (N-methyl/N-ethyl adjacent to an activating group) is 1. The van der Waals surface area contributed by atoms with Crippen molar-refractivity contribution in [2.24, 2.45) is 0 Å². The Morgan fingerprint density at radius 3 is 2.62 bits per heavy atom. The number of hydrogen-bond acceptors (Lipinski definition) is 5. The van der Waals surface area contributed by atoms with Crippen LogP contribution in [0.15, 0.2) is 26.8 Å². The highest BCUT2D eigenvalue weighted by Crippen LogP contribution is 2.28. The monoisotopic (exact) mass is 329 g/mol. The molecule has 0 fully saturated rings. The van der Waals surface area contributed by atoms with E-state index in [2.05, 4.69) is 0 Å². The lowest BCUT2D eigenvalue weighted by atomic mass is 10.2. The number of aliphatic hydroxyl groups excluding tert-OH is 1. The van der Waals surface area contributed by atoms with Gasteiger partial charge in [0.15, 0.2) is 0 Å². The fourth-order valence-corrected chi connectivity index (χ4v) is 4.50. The molecule has 2 aromatic heterocycles. The number of aliphatic hydroxyl groups is 1. The van der Waals surface area contributed by atoms with Crippen molar-refractivity contribution in [1.29, 1.82) is 0 Å². The lowest BCUT2D eigenvalue weighted by Gasteiger charge is -2.17. The third-order valence-corrected chi connectivity index (χ3v) is 6.39. The highest BCUT2D eigenvalue weighted by molar-refractivity contribution is 7.89. The van der Waals surface area contributed by atoms with E-state index >= 15 is 0 Å². The van der Waals surface area contributed by atoms with Gasteiger partial charge in [-0.1, -0.05) is 6.07 Å². The van der Waals surface area contributed by atoms with Gasteiger partial charge in [-0.05, 0) is 31.7 Å². The zero-order chi connectivity index (χ0) is 15.6. The summed E-state index contributed by atoms with van der Waals surface area (Å²) in [6.07, 6.45) is 0.664. The molecule has 0 saturated heterocycles. The van der Waals surface area contributed by atoms with Crippen molar-refractivity contribution >= 4 is 21.4 Å². The Morgan fingerprint density at radius 2 is 2.05 bits per heavy atom. The summed E-state index contributed by atoms with van der Waals surface area (Å²) in [7, 11) is -2.11. The molecule has 0 aromatic carbocycles. The zero-order valence-corrected chi connectivity index (χ0v) is 13.9. The molecule has 0 unspecified atom stereocenters. The molecule has 2 rings (SSSR count). The second kappa shape index (κ2) is 6.31. The normalized spacial score (nSPS) is 12.2. The second-order valence-corrected chi connectivity index (χ2v) is 7.85. The van der Waals surface area contributed by atoms with Gasteiger partial charge in [0.1, 0.15) is 16.4 Å². The Morgan fingerprint density at radius 1 is 1.33 bits per heavy atom. The first-order chi connectivity index (χ1) is 9.87. The molecule has 2 aromatic rings. The third kappa shape index (κ3) is 3.21. The predicted octanol–water partition coefficient (Wildman–Crippen LogP) is 2.31. The Balaban J connectivity index is 2.25. The van der Waals surface area contributed by atoms with Crippen molar-refractivity contribution in [1.82, 2.24) is 4.31 Å². The van der Waals surface area contributed by atoms with Gasteiger partial charge in [0.25, 0.3) is 0 Å². The fraction of sp³-hybridized carbons (Fsp3) is 0.429. The van der Waals surface area contributed by atoms with E-state index in [0.29, 0.717) is 30.0 Å². The zero-order valence-electron chi connectivity index (χ0n) is 12.3. The molecule has 1 N–H and O–H groups in total. The maximum Gasteiger partial charge on any atom is 0.246 e. The van der Waals surface area contributed by atoms with E-state index in [-0.39, 0.29) is 11.5 Å². The van der Waals surface area contributed by atoms with E-state index in [9.17, 15) is 13.5 Å². The minimum atomic E-state index is -3.66. The summed E-state index contributed by atoms with van der Waals surface area (Å²) in [5.41, 5.74) is 0.343. The van der Waals surface area contributed by atoms with Crippen LogP contribution in [0.25, 0.3) is 0 Å². The van der Waals surface area contributed by atoms with E-state index in [4.69, 9.17) is 4.42 Å². The highest BCUT2D eigenvalue weighted by atomic mass is 32.2. The van der Waals surface area contributed by atoms with Crippen molar-refractivity contribution in [3.8, 4) is 0 Å². The third-order valence-electron chi connectivity index (χ3n) is 3.40. The molecule has 0 aliphatic carbocycles. The summed E-state index contributed by atoms with van der Waals surface area (Å²) in [4.78, 5) is 1.23. The van der Waals surface area contributed by atoms with Crippen molar-refractivity contribution in [3.63, 3.8) is 0 Å². The van der Waals surface area contributed by atoms with E-state index in [1.165, 1.54) is 4.31 Å². The molecule has 0 radical (unpaired) electrons. The topological polar surface area (TPSA) is 70.8 Å². The number of nitrogens with zero attached hydrogens (tertiary/aromatic N) is 1. The van der Waals surface area contributed by atoms with Gasteiger partial charge in [-0.3, -0.25) is 0 Å². The van der Waals surface area contributed by atoms with Gasteiger partial charge < -0.3 is 9.52 Å². The molecule has 0 amide bonds. The summed E-state index contributed by atoms with van der Waals surface area (Å²) < 4.78 is 32.0. The van der Waals surface area contributed by atoms with Crippen molar-refractivity contribution in [3.05, 3.63) is 39.5 Å². The smallest absolute Gasteiger partial charge is 0.246 e. The summed E-state index contributed by atoms with van der Waals surface area (Å²) in [6, 6.07) is 3.93. The molecular formula is C14H19NO4S2. The fourth-order valence-electron chi connectivity index (χ4n) is 2.23. The van der Waals surface area contributed by atoms with Crippen LogP contribution in [0.2, 0.25) is 0 Å². The van der Waals surface area contributed by atoms with Crippen molar-refractivity contribution in [2.75, 3.05) is 13.6 Å². The SMILES string of the molecule is Cc1oc(C)c(S(=O)(=O)N(C)CCc2cccs2)c1CO. The Bertz CT molecular complexity index is 702. The van der Waals surface area contributed by atoms with Gasteiger partial charge in [-0.2, -0.15) is 0 Å². The first-order valence-electron chi connectivity index (χ1n) is 6.56. The molecule has 0 bridgehead atoms.